The Balaban J connectivity index is 1.97. The number of carbonyl (C=O) groups is 1. The molecule has 35 heavy (non-hydrogen) atoms. The zero-order valence-electron chi connectivity index (χ0n) is 18.5. The van der Waals surface area contributed by atoms with Gasteiger partial charge in [-0.05, 0) is 36.4 Å². The van der Waals surface area contributed by atoms with Gasteiger partial charge in [0.25, 0.3) is 0 Å². The van der Waals surface area contributed by atoms with Crippen molar-refractivity contribution in [2.45, 2.75) is 11.4 Å². The van der Waals surface area contributed by atoms with Crippen LogP contribution in [0.1, 0.15) is 5.56 Å². The van der Waals surface area contributed by atoms with Crippen molar-refractivity contribution < 1.29 is 22.7 Å². The molecule has 0 bridgehead atoms. The number of hydrogen-bond acceptors (Lipinski definition) is 5. The molecule has 0 aromatic heterocycles. The first-order valence-electron chi connectivity index (χ1n) is 9.96. The van der Waals surface area contributed by atoms with E-state index in [2.05, 4.69) is 5.32 Å². The minimum Gasteiger partial charge on any atom is -0.495 e. The molecule has 0 saturated heterocycles. The van der Waals surface area contributed by atoms with Gasteiger partial charge in [-0.1, -0.05) is 52.5 Å². The Bertz CT molecular complexity index is 1310. The van der Waals surface area contributed by atoms with E-state index < -0.39 is 22.5 Å². The molecule has 0 unspecified atom stereocenters. The van der Waals surface area contributed by atoms with Crippen LogP contribution in [0, 0.1) is 0 Å². The van der Waals surface area contributed by atoms with Gasteiger partial charge < -0.3 is 14.8 Å². The molecule has 3 aromatic rings. The summed E-state index contributed by atoms with van der Waals surface area (Å²) in [4.78, 5) is 13.0. The van der Waals surface area contributed by atoms with Gasteiger partial charge >= 0.3 is 0 Å². The van der Waals surface area contributed by atoms with Crippen molar-refractivity contribution in [1.82, 2.24) is 4.31 Å². The first-order chi connectivity index (χ1) is 16.6. The van der Waals surface area contributed by atoms with E-state index in [4.69, 9.17) is 55.9 Å². The second-order valence-corrected chi connectivity index (χ2v) is 10.8. The van der Waals surface area contributed by atoms with Crippen LogP contribution in [0.4, 0.5) is 5.69 Å². The third-order valence-corrected chi connectivity index (χ3v) is 7.98. The summed E-state index contributed by atoms with van der Waals surface area (Å²) in [7, 11) is -1.32. The fourth-order valence-electron chi connectivity index (χ4n) is 3.15. The van der Waals surface area contributed by atoms with E-state index in [1.165, 1.54) is 50.6 Å². The maximum Gasteiger partial charge on any atom is 0.243 e. The predicted molar refractivity (Wildman–Crippen MR) is 139 cm³/mol. The molecule has 12 heteroatoms. The Morgan fingerprint density at radius 1 is 0.886 bits per heavy atom. The molecule has 186 valence electrons. The molecule has 0 radical (unpaired) electrons. The van der Waals surface area contributed by atoms with Gasteiger partial charge in [-0.2, -0.15) is 4.31 Å². The van der Waals surface area contributed by atoms with E-state index >= 15 is 0 Å². The number of nitrogens with zero attached hydrogens (tertiary/aromatic N) is 1. The number of amides is 1. The number of rotatable bonds is 9. The first-order valence-corrected chi connectivity index (χ1v) is 12.9. The van der Waals surface area contributed by atoms with Gasteiger partial charge in [0.2, 0.25) is 15.9 Å². The third-order valence-electron chi connectivity index (χ3n) is 4.92. The van der Waals surface area contributed by atoms with Gasteiger partial charge in [0.05, 0.1) is 36.4 Å². The lowest BCUT2D eigenvalue weighted by molar-refractivity contribution is -0.116. The van der Waals surface area contributed by atoms with Gasteiger partial charge in [-0.3, -0.25) is 4.79 Å². The number of anilines is 1. The molecule has 0 heterocycles. The van der Waals surface area contributed by atoms with Crippen LogP contribution in [0.5, 0.6) is 11.5 Å². The average molecular weight is 578 g/mol. The molecule has 3 rings (SSSR count). The normalized spacial score (nSPS) is 11.4. The summed E-state index contributed by atoms with van der Waals surface area (Å²) >= 11 is 24.6. The zero-order chi connectivity index (χ0) is 25.8. The summed E-state index contributed by atoms with van der Waals surface area (Å²) in [5.74, 6) is -0.0740. The van der Waals surface area contributed by atoms with Gasteiger partial charge in [0.15, 0.2) is 0 Å². The molecule has 0 aliphatic rings. The monoisotopic (exact) mass is 576 g/mol. The van der Waals surface area contributed by atoms with Crippen LogP contribution >= 0.6 is 46.4 Å². The predicted octanol–water partition coefficient (Wildman–Crippen LogP) is 6.15. The molecule has 3 aromatic carbocycles. The van der Waals surface area contributed by atoms with Gasteiger partial charge in [0.1, 0.15) is 11.5 Å². The molecule has 0 spiro atoms. The molecule has 7 nitrogen and oxygen atoms in total. The van der Waals surface area contributed by atoms with Crippen molar-refractivity contribution in [3.05, 3.63) is 80.3 Å². The van der Waals surface area contributed by atoms with Crippen LogP contribution in [0.3, 0.4) is 0 Å². The molecule has 0 aliphatic heterocycles. The Labute approximate surface area is 223 Å². The minimum atomic E-state index is -4.15. The average Bonchev–Trinajstić information content (AvgIpc) is 2.81. The van der Waals surface area contributed by atoms with Crippen LogP contribution < -0.4 is 14.8 Å². The second-order valence-electron chi connectivity index (χ2n) is 7.16. The summed E-state index contributed by atoms with van der Waals surface area (Å²) in [6.07, 6.45) is 0. The minimum absolute atomic E-state index is 0.0522. The van der Waals surface area contributed by atoms with E-state index in [1.807, 2.05) is 0 Å². The maximum absolute atomic E-state index is 13.5. The zero-order valence-corrected chi connectivity index (χ0v) is 22.4. The first kappa shape index (κ1) is 27.4. The van der Waals surface area contributed by atoms with Crippen molar-refractivity contribution in [2.24, 2.45) is 0 Å². The second kappa shape index (κ2) is 11.7. The lowest BCUT2D eigenvalue weighted by atomic mass is 10.2. The molecule has 0 aliphatic carbocycles. The Kier molecular flexibility index (Phi) is 9.15. The highest BCUT2D eigenvalue weighted by atomic mass is 35.5. The number of nitrogens with one attached hydrogen (secondary N) is 1. The van der Waals surface area contributed by atoms with E-state index in [0.717, 1.165) is 4.31 Å². The Morgan fingerprint density at radius 2 is 1.49 bits per heavy atom. The lowest BCUT2D eigenvalue weighted by Gasteiger charge is -2.23. The van der Waals surface area contributed by atoms with Crippen LogP contribution in [0.2, 0.25) is 20.1 Å². The highest BCUT2D eigenvalue weighted by molar-refractivity contribution is 7.89. The summed E-state index contributed by atoms with van der Waals surface area (Å²) in [6.45, 7) is -0.807. The van der Waals surface area contributed by atoms with Crippen LogP contribution in [0.25, 0.3) is 0 Å². The quantitative estimate of drug-likeness (QED) is 0.330. The number of halogens is 4. The van der Waals surface area contributed by atoms with Crippen LogP contribution in [-0.2, 0) is 21.4 Å². The Morgan fingerprint density at radius 3 is 2.06 bits per heavy atom. The number of ether oxygens (including phenoxy) is 2. The standard InChI is InChI=1S/C23H20Cl4N2O5S/c1-33-21-11-20(22(34-2)10-19(21)27)28-23(30)13-29(12-16-17(25)4-3-5-18(16)26)35(31,32)15-8-6-14(24)7-9-15/h3-11H,12-13H2,1-2H3,(H,28,30). The van der Waals surface area contributed by atoms with Crippen molar-refractivity contribution in [2.75, 3.05) is 26.1 Å². The molecular weight excluding hydrogens is 558 g/mol. The molecule has 0 fully saturated rings. The molecule has 1 N–H and O–H groups in total. The van der Waals surface area contributed by atoms with Crippen molar-refractivity contribution >= 4 is 68.0 Å². The third kappa shape index (κ3) is 6.52. The number of methoxy groups -OCH3 is 2. The van der Waals surface area contributed by atoms with Crippen LogP contribution in [-0.4, -0.2) is 39.4 Å². The lowest BCUT2D eigenvalue weighted by Crippen LogP contribution is -2.37. The highest BCUT2D eigenvalue weighted by Gasteiger charge is 2.29. The maximum atomic E-state index is 13.5. The highest BCUT2D eigenvalue weighted by Crippen LogP contribution is 2.36. The molecule has 0 atom stereocenters. The van der Waals surface area contributed by atoms with E-state index in [1.54, 1.807) is 18.2 Å². The summed E-state index contributed by atoms with van der Waals surface area (Å²) in [5, 5.41) is 3.82. The van der Waals surface area contributed by atoms with Gasteiger partial charge in [0, 0.05) is 39.3 Å². The van der Waals surface area contributed by atoms with E-state index in [0.29, 0.717) is 16.3 Å². The van der Waals surface area contributed by atoms with Crippen LogP contribution in [0.15, 0.2) is 59.5 Å². The van der Waals surface area contributed by atoms with Crippen molar-refractivity contribution in [3.63, 3.8) is 0 Å². The van der Waals surface area contributed by atoms with E-state index in [-0.39, 0.29) is 37.9 Å². The van der Waals surface area contributed by atoms with Gasteiger partial charge in [-0.15, -0.1) is 0 Å². The Hall–Kier alpha value is -2.20. The summed E-state index contributed by atoms with van der Waals surface area (Å²) in [6, 6.07) is 13.3. The molecule has 0 saturated carbocycles. The number of sulfonamides is 1. The summed E-state index contributed by atoms with van der Waals surface area (Å²) in [5.41, 5.74) is 0.602. The topological polar surface area (TPSA) is 84.9 Å². The number of hydrogen-bond donors (Lipinski definition) is 1. The fourth-order valence-corrected chi connectivity index (χ4v) is 5.39. The SMILES string of the molecule is COc1cc(NC(=O)CN(Cc2c(Cl)cccc2Cl)S(=O)(=O)c2ccc(Cl)cc2)c(OC)cc1Cl. The smallest absolute Gasteiger partial charge is 0.243 e. The van der Waals surface area contributed by atoms with Crippen molar-refractivity contribution in [3.8, 4) is 11.5 Å². The van der Waals surface area contributed by atoms with Crippen molar-refractivity contribution in [1.29, 1.82) is 0 Å². The molecular formula is C23H20Cl4N2O5S. The summed E-state index contributed by atoms with van der Waals surface area (Å²) < 4.78 is 38.4. The number of benzene rings is 3. The fraction of sp³-hybridized carbons (Fsp3) is 0.174. The number of carbonyl (C=O) groups excluding carboxylic acids is 1. The molecule has 1 amide bonds. The largest absolute Gasteiger partial charge is 0.495 e. The van der Waals surface area contributed by atoms with E-state index in [9.17, 15) is 13.2 Å². The van der Waals surface area contributed by atoms with Gasteiger partial charge in [-0.25, -0.2) is 8.42 Å².